The Morgan fingerprint density at radius 2 is 1.71 bits per heavy atom. The van der Waals surface area contributed by atoms with Gasteiger partial charge in [-0.2, -0.15) is 0 Å². The SMILES string of the molecule is O=C(NCc1ccc(C(=O)N2CCCC2)cc1)c1cccc(Cl)c1. The Bertz CT molecular complexity index is 737. The minimum Gasteiger partial charge on any atom is -0.348 e. The van der Waals surface area contributed by atoms with E-state index in [4.69, 9.17) is 11.6 Å². The van der Waals surface area contributed by atoms with Gasteiger partial charge in [0.05, 0.1) is 0 Å². The van der Waals surface area contributed by atoms with E-state index in [1.165, 1.54) is 0 Å². The van der Waals surface area contributed by atoms with Gasteiger partial charge in [-0.25, -0.2) is 0 Å². The molecule has 1 aliphatic rings. The lowest BCUT2D eigenvalue weighted by Gasteiger charge is -2.15. The van der Waals surface area contributed by atoms with Gasteiger partial charge in [-0.05, 0) is 48.7 Å². The quantitative estimate of drug-likeness (QED) is 0.924. The number of carbonyl (C=O) groups excluding carboxylic acids is 2. The second kappa shape index (κ2) is 7.49. The molecular formula is C19H19ClN2O2. The fourth-order valence-corrected chi connectivity index (χ4v) is 2.97. The molecule has 1 fully saturated rings. The number of hydrogen-bond acceptors (Lipinski definition) is 2. The average molecular weight is 343 g/mol. The van der Waals surface area contributed by atoms with Crippen LogP contribution in [-0.4, -0.2) is 29.8 Å². The molecule has 3 rings (SSSR count). The van der Waals surface area contributed by atoms with Crippen LogP contribution >= 0.6 is 11.6 Å². The number of benzene rings is 2. The topological polar surface area (TPSA) is 49.4 Å². The molecule has 0 unspecified atom stereocenters. The van der Waals surface area contributed by atoms with E-state index in [1.54, 1.807) is 24.3 Å². The fourth-order valence-electron chi connectivity index (χ4n) is 2.78. The molecule has 0 aromatic heterocycles. The summed E-state index contributed by atoms with van der Waals surface area (Å²) in [5, 5.41) is 3.39. The van der Waals surface area contributed by atoms with Gasteiger partial charge in [0.2, 0.25) is 0 Å². The summed E-state index contributed by atoms with van der Waals surface area (Å²) in [5.41, 5.74) is 2.17. The van der Waals surface area contributed by atoms with Crippen molar-refractivity contribution < 1.29 is 9.59 Å². The normalized spacial score (nSPS) is 13.8. The standard InChI is InChI=1S/C19H19ClN2O2/c20-17-5-3-4-16(12-17)18(23)21-13-14-6-8-15(9-7-14)19(24)22-10-1-2-11-22/h3-9,12H,1-2,10-11,13H2,(H,21,23). The van der Waals surface area contributed by atoms with E-state index >= 15 is 0 Å². The third-order valence-corrected chi connectivity index (χ3v) is 4.37. The van der Waals surface area contributed by atoms with E-state index in [0.717, 1.165) is 31.5 Å². The molecule has 1 heterocycles. The van der Waals surface area contributed by atoms with Crippen molar-refractivity contribution in [3.63, 3.8) is 0 Å². The van der Waals surface area contributed by atoms with E-state index in [9.17, 15) is 9.59 Å². The van der Waals surface area contributed by atoms with Crippen molar-refractivity contribution in [2.45, 2.75) is 19.4 Å². The van der Waals surface area contributed by atoms with Crippen LogP contribution in [0.25, 0.3) is 0 Å². The van der Waals surface area contributed by atoms with Crippen LogP contribution in [0.15, 0.2) is 48.5 Å². The molecule has 0 aliphatic carbocycles. The lowest BCUT2D eigenvalue weighted by atomic mass is 10.1. The van der Waals surface area contributed by atoms with Crippen molar-refractivity contribution in [1.82, 2.24) is 10.2 Å². The Labute approximate surface area is 146 Å². The molecule has 2 amide bonds. The van der Waals surface area contributed by atoms with Crippen LogP contribution in [0.2, 0.25) is 5.02 Å². The Hall–Kier alpha value is -2.33. The largest absolute Gasteiger partial charge is 0.348 e. The zero-order valence-corrected chi connectivity index (χ0v) is 14.1. The van der Waals surface area contributed by atoms with E-state index < -0.39 is 0 Å². The molecule has 124 valence electrons. The molecule has 0 bridgehead atoms. The number of amides is 2. The van der Waals surface area contributed by atoms with Gasteiger partial charge < -0.3 is 10.2 Å². The van der Waals surface area contributed by atoms with Gasteiger partial charge in [0.25, 0.3) is 11.8 Å². The molecule has 0 atom stereocenters. The van der Waals surface area contributed by atoms with E-state index in [0.29, 0.717) is 22.7 Å². The van der Waals surface area contributed by atoms with Gasteiger partial charge in [-0.1, -0.05) is 29.8 Å². The van der Waals surface area contributed by atoms with Crippen LogP contribution in [0.1, 0.15) is 39.1 Å². The molecule has 0 radical (unpaired) electrons. The summed E-state index contributed by atoms with van der Waals surface area (Å²) in [6, 6.07) is 14.2. The first kappa shape index (κ1) is 16.5. The number of carbonyl (C=O) groups is 2. The highest BCUT2D eigenvalue weighted by molar-refractivity contribution is 6.30. The highest BCUT2D eigenvalue weighted by Crippen LogP contribution is 2.14. The molecule has 1 aliphatic heterocycles. The van der Waals surface area contributed by atoms with Crippen molar-refractivity contribution in [3.05, 3.63) is 70.2 Å². The summed E-state index contributed by atoms with van der Waals surface area (Å²) in [7, 11) is 0. The molecule has 0 saturated carbocycles. The van der Waals surface area contributed by atoms with Crippen molar-refractivity contribution in [3.8, 4) is 0 Å². The van der Waals surface area contributed by atoms with Gasteiger partial charge in [0.15, 0.2) is 0 Å². The third-order valence-electron chi connectivity index (χ3n) is 4.13. The highest BCUT2D eigenvalue weighted by Gasteiger charge is 2.19. The number of likely N-dealkylation sites (tertiary alicyclic amines) is 1. The van der Waals surface area contributed by atoms with Crippen LogP contribution in [0, 0.1) is 0 Å². The summed E-state index contributed by atoms with van der Waals surface area (Å²) >= 11 is 5.89. The summed E-state index contributed by atoms with van der Waals surface area (Å²) in [6.07, 6.45) is 2.17. The molecule has 1 saturated heterocycles. The maximum Gasteiger partial charge on any atom is 0.253 e. The highest BCUT2D eigenvalue weighted by atomic mass is 35.5. The summed E-state index contributed by atoms with van der Waals surface area (Å²) < 4.78 is 0. The molecule has 2 aromatic carbocycles. The maximum atomic E-state index is 12.3. The zero-order chi connectivity index (χ0) is 16.9. The Morgan fingerprint density at radius 1 is 1.00 bits per heavy atom. The molecule has 5 heteroatoms. The van der Waals surface area contributed by atoms with Crippen molar-refractivity contribution in [1.29, 1.82) is 0 Å². The zero-order valence-electron chi connectivity index (χ0n) is 13.3. The van der Waals surface area contributed by atoms with Crippen LogP contribution in [0.4, 0.5) is 0 Å². The van der Waals surface area contributed by atoms with Gasteiger partial charge in [-0.15, -0.1) is 0 Å². The first-order valence-electron chi connectivity index (χ1n) is 8.05. The maximum absolute atomic E-state index is 12.3. The molecule has 2 aromatic rings. The predicted molar refractivity (Wildman–Crippen MR) is 94.2 cm³/mol. The van der Waals surface area contributed by atoms with E-state index in [1.807, 2.05) is 29.2 Å². The molecule has 1 N–H and O–H groups in total. The van der Waals surface area contributed by atoms with Crippen molar-refractivity contribution in [2.75, 3.05) is 13.1 Å². The number of hydrogen-bond donors (Lipinski definition) is 1. The first-order valence-corrected chi connectivity index (χ1v) is 8.43. The monoisotopic (exact) mass is 342 g/mol. The third kappa shape index (κ3) is 3.95. The molecule has 0 spiro atoms. The second-order valence-electron chi connectivity index (χ2n) is 5.89. The van der Waals surface area contributed by atoms with Crippen LogP contribution in [-0.2, 0) is 6.54 Å². The Balaban J connectivity index is 1.58. The smallest absolute Gasteiger partial charge is 0.253 e. The van der Waals surface area contributed by atoms with E-state index in [-0.39, 0.29) is 11.8 Å². The fraction of sp³-hybridized carbons (Fsp3) is 0.263. The summed E-state index contributed by atoms with van der Waals surface area (Å²) in [6.45, 7) is 2.09. The summed E-state index contributed by atoms with van der Waals surface area (Å²) in [4.78, 5) is 26.3. The lowest BCUT2D eigenvalue weighted by Crippen LogP contribution is -2.27. The average Bonchev–Trinajstić information content (AvgIpc) is 3.14. The number of rotatable bonds is 4. The predicted octanol–water partition coefficient (Wildman–Crippen LogP) is 3.51. The van der Waals surface area contributed by atoms with Crippen LogP contribution < -0.4 is 5.32 Å². The Morgan fingerprint density at radius 3 is 2.38 bits per heavy atom. The molecular weight excluding hydrogens is 324 g/mol. The van der Waals surface area contributed by atoms with Gasteiger partial charge in [0, 0.05) is 35.8 Å². The minimum atomic E-state index is -0.172. The number of halogens is 1. The van der Waals surface area contributed by atoms with Crippen molar-refractivity contribution in [2.24, 2.45) is 0 Å². The second-order valence-corrected chi connectivity index (χ2v) is 6.33. The van der Waals surface area contributed by atoms with Crippen LogP contribution in [0.3, 0.4) is 0 Å². The first-order chi connectivity index (χ1) is 11.6. The van der Waals surface area contributed by atoms with Gasteiger partial charge in [0.1, 0.15) is 0 Å². The van der Waals surface area contributed by atoms with Crippen LogP contribution in [0.5, 0.6) is 0 Å². The van der Waals surface area contributed by atoms with Gasteiger partial charge in [-0.3, -0.25) is 9.59 Å². The van der Waals surface area contributed by atoms with Gasteiger partial charge >= 0.3 is 0 Å². The number of nitrogens with zero attached hydrogens (tertiary/aromatic N) is 1. The minimum absolute atomic E-state index is 0.0852. The number of nitrogens with one attached hydrogen (secondary N) is 1. The Kier molecular flexibility index (Phi) is 5.16. The van der Waals surface area contributed by atoms with Crippen molar-refractivity contribution >= 4 is 23.4 Å². The molecule has 4 nitrogen and oxygen atoms in total. The molecule has 24 heavy (non-hydrogen) atoms. The summed E-state index contributed by atoms with van der Waals surface area (Å²) in [5.74, 6) is -0.0864. The van der Waals surface area contributed by atoms with E-state index in [2.05, 4.69) is 5.32 Å². The lowest BCUT2D eigenvalue weighted by molar-refractivity contribution is 0.0792.